The Labute approximate surface area is 73.0 Å². The summed E-state index contributed by atoms with van der Waals surface area (Å²) in [5.74, 6) is 1.95. The summed E-state index contributed by atoms with van der Waals surface area (Å²) in [5.41, 5.74) is 0. The van der Waals surface area contributed by atoms with E-state index < -0.39 is 0 Å². The average Bonchev–Trinajstić information content (AvgIpc) is 2.58. The van der Waals surface area contributed by atoms with Gasteiger partial charge in [0.05, 0.1) is 0 Å². The summed E-state index contributed by atoms with van der Waals surface area (Å²) in [7, 11) is 1.96. The van der Waals surface area contributed by atoms with Gasteiger partial charge in [0.1, 0.15) is 0 Å². The van der Waals surface area contributed by atoms with E-state index in [0.29, 0.717) is 0 Å². The summed E-state index contributed by atoms with van der Waals surface area (Å²) in [5, 5.41) is 4.37. The number of aryl methyl sites for hydroxylation is 1. The van der Waals surface area contributed by atoms with E-state index in [0.717, 1.165) is 24.8 Å². The van der Waals surface area contributed by atoms with Gasteiger partial charge in [0.15, 0.2) is 5.82 Å². The van der Waals surface area contributed by atoms with E-state index in [1.165, 1.54) is 6.42 Å². The lowest BCUT2D eigenvalue weighted by atomic mass is 10.2. The van der Waals surface area contributed by atoms with E-state index >= 15 is 0 Å². The van der Waals surface area contributed by atoms with Crippen LogP contribution in [0.3, 0.4) is 0 Å². The molecule has 2 heterocycles. The standard InChI is InChI=1S/C9H15N3/c1-8-3-6-12(7-8)9-4-5-11(2)10-9/h4-5,8H,3,6-7H2,1-2H3. The van der Waals surface area contributed by atoms with Crippen LogP contribution >= 0.6 is 0 Å². The predicted octanol–water partition coefficient (Wildman–Crippen LogP) is 1.27. The van der Waals surface area contributed by atoms with Gasteiger partial charge in [-0.25, -0.2) is 0 Å². The zero-order valence-electron chi connectivity index (χ0n) is 7.70. The summed E-state index contributed by atoms with van der Waals surface area (Å²) < 4.78 is 1.86. The largest absolute Gasteiger partial charge is 0.355 e. The summed E-state index contributed by atoms with van der Waals surface area (Å²) >= 11 is 0. The lowest BCUT2D eigenvalue weighted by Gasteiger charge is -2.13. The van der Waals surface area contributed by atoms with Crippen molar-refractivity contribution in [2.75, 3.05) is 18.0 Å². The number of nitrogens with zero attached hydrogens (tertiary/aromatic N) is 3. The van der Waals surface area contributed by atoms with E-state index in [4.69, 9.17) is 0 Å². The summed E-state index contributed by atoms with van der Waals surface area (Å²) in [6.45, 7) is 4.62. The maximum atomic E-state index is 4.37. The van der Waals surface area contributed by atoms with Crippen molar-refractivity contribution in [3.8, 4) is 0 Å². The Morgan fingerprint density at radius 1 is 1.58 bits per heavy atom. The van der Waals surface area contributed by atoms with Gasteiger partial charge in [-0.05, 0) is 12.3 Å². The highest BCUT2D eigenvalue weighted by atomic mass is 15.3. The van der Waals surface area contributed by atoms with Crippen molar-refractivity contribution in [2.24, 2.45) is 13.0 Å². The molecule has 12 heavy (non-hydrogen) atoms. The van der Waals surface area contributed by atoms with Crippen molar-refractivity contribution in [3.05, 3.63) is 12.3 Å². The molecule has 1 aliphatic rings. The molecule has 0 radical (unpaired) electrons. The Hall–Kier alpha value is -0.990. The Kier molecular flexibility index (Phi) is 1.79. The molecular formula is C9H15N3. The fourth-order valence-electron chi connectivity index (χ4n) is 1.71. The van der Waals surface area contributed by atoms with Crippen LogP contribution in [-0.2, 0) is 7.05 Å². The zero-order chi connectivity index (χ0) is 8.55. The molecule has 0 N–H and O–H groups in total. The highest BCUT2D eigenvalue weighted by Crippen LogP contribution is 2.20. The van der Waals surface area contributed by atoms with Crippen LogP contribution in [0.25, 0.3) is 0 Å². The predicted molar refractivity (Wildman–Crippen MR) is 49.2 cm³/mol. The number of aromatic nitrogens is 2. The topological polar surface area (TPSA) is 21.1 Å². The third kappa shape index (κ3) is 1.31. The number of hydrogen-bond donors (Lipinski definition) is 0. The first-order valence-electron chi connectivity index (χ1n) is 4.50. The fourth-order valence-corrected chi connectivity index (χ4v) is 1.71. The van der Waals surface area contributed by atoms with Crippen molar-refractivity contribution in [3.63, 3.8) is 0 Å². The molecule has 1 aromatic rings. The van der Waals surface area contributed by atoms with Crippen molar-refractivity contribution in [1.29, 1.82) is 0 Å². The van der Waals surface area contributed by atoms with Gasteiger partial charge >= 0.3 is 0 Å². The van der Waals surface area contributed by atoms with E-state index in [-0.39, 0.29) is 0 Å². The molecule has 1 fully saturated rings. The van der Waals surface area contributed by atoms with Crippen LogP contribution in [0.15, 0.2) is 12.3 Å². The van der Waals surface area contributed by atoms with Crippen LogP contribution in [0.2, 0.25) is 0 Å². The first kappa shape index (κ1) is 7.65. The van der Waals surface area contributed by atoms with Crippen LogP contribution in [0.4, 0.5) is 5.82 Å². The van der Waals surface area contributed by atoms with Gasteiger partial charge < -0.3 is 4.90 Å². The number of anilines is 1. The van der Waals surface area contributed by atoms with Gasteiger partial charge in [0, 0.05) is 32.4 Å². The quantitative estimate of drug-likeness (QED) is 0.624. The van der Waals surface area contributed by atoms with Gasteiger partial charge in [0.25, 0.3) is 0 Å². The molecule has 1 saturated heterocycles. The minimum Gasteiger partial charge on any atom is -0.355 e. The molecule has 0 spiro atoms. The van der Waals surface area contributed by atoms with Gasteiger partial charge in [0.2, 0.25) is 0 Å². The second-order valence-corrected chi connectivity index (χ2v) is 3.69. The van der Waals surface area contributed by atoms with Crippen molar-refractivity contribution < 1.29 is 0 Å². The monoisotopic (exact) mass is 165 g/mol. The summed E-state index contributed by atoms with van der Waals surface area (Å²) in [6, 6.07) is 2.08. The van der Waals surface area contributed by atoms with E-state index in [1.54, 1.807) is 0 Å². The molecule has 2 rings (SSSR count). The van der Waals surface area contributed by atoms with Gasteiger partial charge in [-0.3, -0.25) is 4.68 Å². The van der Waals surface area contributed by atoms with Crippen molar-refractivity contribution in [1.82, 2.24) is 9.78 Å². The van der Waals surface area contributed by atoms with Crippen LogP contribution < -0.4 is 4.90 Å². The van der Waals surface area contributed by atoms with E-state index in [9.17, 15) is 0 Å². The second kappa shape index (κ2) is 2.81. The van der Waals surface area contributed by atoms with Crippen LogP contribution in [0.5, 0.6) is 0 Å². The SMILES string of the molecule is CC1CCN(c2ccn(C)n2)C1. The molecular weight excluding hydrogens is 150 g/mol. The van der Waals surface area contributed by atoms with Crippen LogP contribution in [-0.4, -0.2) is 22.9 Å². The van der Waals surface area contributed by atoms with Gasteiger partial charge in [-0.1, -0.05) is 6.92 Å². The molecule has 1 aliphatic heterocycles. The van der Waals surface area contributed by atoms with Crippen molar-refractivity contribution in [2.45, 2.75) is 13.3 Å². The van der Waals surface area contributed by atoms with E-state index in [1.807, 2.05) is 17.9 Å². The molecule has 1 aromatic heterocycles. The molecule has 3 heteroatoms. The third-order valence-corrected chi connectivity index (χ3v) is 2.45. The molecule has 0 aromatic carbocycles. The zero-order valence-corrected chi connectivity index (χ0v) is 7.70. The number of rotatable bonds is 1. The fraction of sp³-hybridized carbons (Fsp3) is 0.667. The molecule has 0 saturated carbocycles. The Morgan fingerprint density at radius 2 is 2.42 bits per heavy atom. The van der Waals surface area contributed by atoms with Gasteiger partial charge in [-0.2, -0.15) is 5.10 Å². The van der Waals surface area contributed by atoms with Gasteiger partial charge in [-0.15, -0.1) is 0 Å². The Balaban J connectivity index is 2.11. The Bertz CT molecular complexity index is 266. The maximum absolute atomic E-state index is 4.37. The summed E-state index contributed by atoms with van der Waals surface area (Å²) in [4.78, 5) is 2.35. The molecule has 3 nitrogen and oxygen atoms in total. The van der Waals surface area contributed by atoms with Crippen LogP contribution in [0.1, 0.15) is 13.3 Å². The van der Waals surface area contributed by atoms with E-state index in [2.05, 4.69) is 23.0 Å². The summed E-state index contributed by atoms with van der Waals surface area (Å²) in [6.07, 6.45) is 3.30. The average molecular weight is 165 g/mol. The minimum absolute atomic E-state index is 0.826. The molecule has 1 unspecified atom stereocenters. The first-order chi connectivity index (χ1) is 5.75. The smallest absolute Gasteiger partial charge is 0.150 e. The Morgan fingerprint density at radius 3 is 2.92 bits per heavy atom. The molecule has 0 aliphatic carbocycles. The lowest BCUT2D eigenvalue weighted by molar-refractivity contribution is 0.657. The molecule has 0 bridgehead atoms. The molecule has 66 valence electrons. The third-order valence-electron chi connectivity index (χ3n) is 2.45. The number of hydrogen-bond acceptors (Lipinski definition) is 2. The van der Waals surface area contributed by atoms with Crippen molar-refractivity contribution >= 4 is 5.82 Å². The molecule has 1 atom stereocenters. The highest BCUT2D eigenvalue weighted by molar-refractivity contribution is 5.37. The normalized spacial score (nSPS) is 23.5. The highest BCUT2D eigenvalue weighted by Gasteiger charge is 2.19. The minimum atomic E-state index is 0.826. The molecule has 0 amide bonds. The first-order valence-corrected chi connectivity index (χ1v) is 4.50. The maximum Gasteiger partial charge on any atom is 0.150 e. The van der Waals surface area contributed by atoms with Crippen LogP contribution in [0, 0.1) is 5.92 Å². The lowest BCUT2D eigenvalue weighted by Crippen LogP contribution is -2.19. The second-order valence-electron chi connectivity index (χ2n) is 3.69.